The molecule has 0 aliphatic rings. The Hall–Kier alpha value is -0.530. The average Bonchev–Trinajstić information content (AvgIpc) is 1.89. The van der Waals surface area contributed by atoms with Crippen LogP contribution in [0.3, 0.4) is 0 Å². The van der Waals surface area contributed by atoms with E-state index in [1.165, 1.54) is 11.1 Å². The van der Waals surface area contributed by atoms with Crippen LogP contribution >= 0.6 is 11.6 Å². The van der Waals surface area contributed by atoms with E-state index in [2.05, 4.69) is 13.0 Å². The van der Waals surface area contributed by atoms with E-state index in [9.17, 15) is 0 Å². The predicted molar refractivity (Wildman–Crippen MR) is 45.8 cm³/mol. The SMILES string of the molecule is Cc1ccccc1CCl.N. The van der Waals surface area contributed by atoms with Crippen LogP contribution < -0.4 is 6.15 Å². The first kappa shape index (κ1) is 9.47. The summed E-state index contributed by atoms with van der Waals surface area (Å²) in [6.45, 7) is 2.07. The number of halogens is 1. The average molecular weight is 158 g/mol. The minimum Gasteiger partial charge on any atom is -0.344 e. The first-order valence-electron chi connectivity index (χ1n) is 2.95. The molecule has 0 unspecified atom stereocenters. The molecular formula is C8H12ClN. The fraction of sp³-hybridized carbons (Fsp3) is 0.250. The van der Waals surface area contributed by atoms with E-state index in [4.69, 9.17) is 11.6 Å². The maximum Gasteiger partial charge on any atom is 0.0476 e. The molecule has 1 rings (SSSR count). The number of hydrogen-bond acceptors (Lipinski definition) is 1. The molecule has 0 fully saturated rings. The van der Waals surface area contributed by atoms with Crippen LogP contribution in [0.25, 0.3) is 0 Å². The van der Waals surface area contributed by atoms with Gasteiger partial charge in [-0.2, -0.15) is 0 Å². The van der Waals surface area contributed by atoms with Crippen molar-refractivity contribution in [1.82, 2.24) is 6.15 Å². The lowest BCUT2D eigenvalue weighted by molar-refractivity contribution is 1.30. The van der Waals surface area contributed by atoms with Crippen LogP contribution in [0.2, 0.25) is 0 Å². The Morgan fingerprint density at radius 2 is 1.90 bits per heavy atom. The summed E-state index contributed by atoms with van der Waals surface area (Å²) in [7, 11) is 0. The Labute approximate surface area is 66.6 Å². The minimum absolute atomic E-state index is 0. The third-order valence-electron chi connectivity index (χ3n) is 1.41. The van der Waals surface area contributed by atoms with Crippen molar-refractivity contribution in [3.8, 4) is 0 Å². The van der Waals surface area contributed by atoms with Crippen molar-refractivity contribution in [3.63, 3.8) is 0 Å². The third-order valence-corrected chi connectivity index (χ3v) is 1.69. The maximum atomic E-state index is 5.63. The van der Waals surface area contributed by atoms with Crippen LogP contribution in [-0.4, -0.2) is 0 Å². The standard InChI is InChI=1S/C8H9Cl.H3N/c1-7-4-2-3-5-8(7)6-9;/h2-5H,6H2,1H3;1H3. The molecule has 0 saturated carbocycles. The Bertz CT molecular complexity index is 198. The van der Waals surface area contributed by atoms with E-state index >= 15 is 0 Å². The van der Waals surface area contributed by atoms with Gasteiger partial charge in [0.1, 0.15) is 0 Å². The lowest BCUT2D eigenvalue weighted by Gasteiger charge is -1.97. The highest BCUT2D eigenvalue weighted by Crippen LogP contribution is 2.08. The second-order valence-electron chi connectivity index (χ2n) is 2.06. The van der Waals surface area contributed by atoms with Gasteiger partial charge in [0.2, 0.25) is 0 Å². The van der Waals surface area contributed by atoms with E-state index in [1.807, 2.05) is 18.2 Å². The molecule has 0 amide bonds. The third kappa shape index (κ3) is 2.01. The normalized spacial score (nSPS) is 8.60. The van der Waals surface area contributed by atoms with Gasteiger partial charge in [-0.3, -0.25) is 0 Å². The van der Waals surface area contributed by atoms with Crippen molar-refractivity contribution < 1.29 is 0 Å². The lowest BCUT2D eigenvalue weighted by Crippen LogP contribution is -1.80. The van der Waals surface area contributed by atoms with Gasteiger partial charge in [-0.25, -0.2) is 0 Å². The zero-order chi connectivity index (χ0) is 6.69. The van der Waals surface area contributed by atoms with E-state index in [-0.39, 0.29) is 6.15 Å². The summed E-state index contributed by atoms with van der Waals surface area (Å²) in [5.74, 6) is 0.618. The molecule has 56 valence electrons. The molecular weight excluding hydrogens is 146 g/mol. The molecule has 0 aliphatic carbocycles. The fourth-order valence-corrected chi connectivity index (χ4v) is 1.06. The molecule has 1 aromatic rings. The van der Waals surface area contributed by atoms with Gasteiger partial charge in [0.15, 0.2) is 0 Å². The molecule has 0 radical (unpaired) electrons. The largest absolute Gasteiger partial charge is 0.344 e. The van der Waals surface area contributed by atoms with Gasteiger partial charge in [0.25, 0.3) is 0 Å². The van der Waals surface area contributed by atoms with E-state index in [0.29, 0.717) is 5.88 Å². The number of aryl methyl sites for hydroxylation is 1. The molecule has 0 saturated heterocycles. The lowest BCUT2D eigenvalue weighted by atomic mass is 10.1. The highest BCUT2D eigenvalue weighted by Gasteiger charge is 1.90. The van der Waals surface area contributed by atoms with Crippen molar-refractivity contribution >= 4 is 11.6 Å². The smallest absolute Gasteiger partial charge is 0.0476 e. The molecule has 0 heterocycles. The van der Waals surface area contributed by atoms with Crippen LogP contribution in [0.4, 0.5) is 0 Å². The van der Waals surface area contributed by atoms with Crippen molar-refractivity contribution in [2.45, 2.75) is 12.8 Å². The zero-order valence-electron chi connectivity index (χ0n) is 6.10. The molecule has 10 heavy (non-hydrogen) atoms. The van der Waals surface area contributed by atoms with Crippen molar-refractivity contribution in [2.75, 3.05) is 0 Å². The molecule has 0 aliphatic heterocycles. The van der Waals surface area contributed by atoms with E-state index in [0.717, 1.165) is 0 Å². The predicted octanol–water partition coefficient (Wildman–Crippen LogP) is 2.90. The first-order chi connectivity index (χ1) is 4.34. The highest BCUT2D eigenvalue weighted by atomic mass is 35.5. The Kier molecular flexibility index (Phi) is 4.08. The second kappa shape index (κ2) is 4.31. The number of hydrogen-bond donors (Lipinski definition) is 1. The number of rotatable bonds is 1. The monoisotopic (exact) mass is 157 g/mol. The van der Waals surface area contributed by atoms with Crippen molar-refractivity contribution in [3.05, 3.63) is 35.4 Å². The van der Waals surface area contributed by atoms with Crippen molar-refractivity contribution in [1.29, 1.82) is 0 Å². The molecule has 0 atom stereocenters. The van der Waals surface area contributed by atoms with Gasteiger partial charge >= 0.3 is 0 Å². The van der Waals surface area contributed by atoms with E-state index < -0.39 is 0 Å². The van der Waals surface area contributed by atoms with Crippen LogP contribution in [0.1, 0.15) is 11.1 Å². The molecule has 1 aromatic carbocycles. The van der Waals surface area contributed by atoms with Crippen LogP contribution in [0.5, 0.6) is 0 Å². The molecule has 3 N–H and O–H groups in total. The summed E-state index contributed by atoms with van der Waals surface area (Å²) in [4.78, 5) is 0. The Morgan fingerprint density at radius 3 is 2.30 bits per heavy atom. The van der Waals surface area contributed by atoms with Gasteiger partial charge in [-0.1, -0.05) is 24.3 Å². The summed E-state index contributed by atoms with van der Waals surface area (Å²) in [5, 5.41) is 0. The van der Waals surface area contributed by atoms with Crippen LogP contribution in [0, 0.1) is 6.92 Å². The minimum atomic E-state index is 0. The summed E-state index contributed by atoms with van der Waals surface area (Å²) in [5.41, 5.74) is 2.49. The summed E-state index contributed by atoms with van der Waals surface area (Å²) in [6.07, 6.45) is 0. The van der Waals surface area contributed by atoms with Crippen molar-refractivity contribution in [2.24, 2.45) is 0 Å². The first-order valence-corrected chi connectivity index (χ1v) is 3.48. The molecule has 1 nitrogen and oxygen atoms in total. The fourth-order valence-electron chi connectivity index (χ4n) is 0.760. The second-order valence-corrected chi connectivity index (χ2v) is 2.33. The van der Waals surface area contributed by atoms with Gasteiger partial charge in [0, 0.05) is 5.88 Å². The zero-order valence-corrected chi connectivity index (χ0v) is 6.86. The molecule has 0 spiro atoms. The van der Waals surface area contributed by atoms with Gasteiger partial charge in [-0.05, 0) is 18.1 Å². The Balaban J connectivity index is 0.000000810. The van der Waals surface area contributed by atoms with Gasteiger partial charge in [0.05, 0.1) is 0 Å². The Morgan fingerprint density at radius 1 is 1.30 bits per heavy atom. The van der Waals surface area contributed by atoms with Crippen LogP contribution in [0.15, 0.2) is 24.3 Å². The molecule has 2 heteroatoms. The molecule has 0 aromatic heterocycles. The van der Waals surface area contributed by atoms with Gasteiger partial charge < -0.3 is 6.15 Å². The summed E-state index contributed by atoms with van der Waals surface area (Å²) >= 11 is 5.63. The molecule has 0 bridgehead atoms. The summed E-state index contributed by atoms with van der Waals surface area (Å²) in [6, 6.07) is 8.14. The maximum absolute atomic E-state index is 5.63. The highest BCUT2D eigenvalue weighted by molar-refractivity contribution is 6.17. The van der Waals surface area contributed by atoms with Gasteiger partial charge in [-0.15, -0.1) is 11.6 Å². The van der Waals surface area contributed by atoms with E-state index in [1.54, 1.807) is 0 Å². The van der Waals surface area contributed by atoms with Crippen LogP contribution in [-0.2, 0) is 5.88 Å². The number of alkyl halides is 1. The number of benzene rings is 1. The summed E-state index contributed by atoms with van der Waals surface area (Å²) < 4.78 is 0. The quantitative estimate of drug-likeness (QED) is 0.626. The topological polar surface area (TPSA) is 35.0 Å².